The van der Waals surface area contributed by atoms with Gasteiger partial charge in [-0.1, -0.05) is 0 Å². The summed E-state index contributed by atoms with van der Waals surface area (Å²) in [5.41, 5.74) is 2.80. The molecule has 0 spiro atoms. The Kier molecular flexibility index (Phi) is 9.23. The van der Waals surface area contributed by atoms with Crippen LogP contribution in [0.4, 0.5) is 0 Å². The summed E-state index contributed by atoms with van der Waals surface area (Å²) in [4.78, 5) is 10.6. The molecule has 0 saturated heterocycles. The Hall–Kier alpha value is -3.12. The van der Waals surface area contributed by atoms with Crippen molar-refractivity contribution in [1.82, 2.24) is 7.71 Å². The number of benzene rings is 4. The van der Waals surface area contributed by atoms with E-state index in [2.05, 4.69) is 120 Å². The van der Waals surface area contributed by atoms with Gasteiger partial charge in [-0.3, -0.25) is 0 Å². The molecule has 5 heteroatoms. The van der Waals surface area contributed by atoms with E-state index in [1.54, 1.807) is 0 Å². The SMILES string of the molecule is CC(C)C[CH2][Ge]([CH2]CC(C)C)([N]1CCN=C1Cc1cccc2ccccc12)[N]1CCN=C1Cc1cccc2ccccc12. The number of rotatable bonds is 12. The number of fused-ring (bicyclic) bond motifs is 2. The summed E-state index contributed by atoms with van der Waals surface area (Å²) in [5, 5.41) is 7.99. The van der Waals surface area contributed by atoms with E-state index in [1.165, 1.54) is 67.7 Å². The molecule has 0 atom stereocenters. The molecule has 0 fully saturated rings. The van der Waals surface area contributed by atoms with Gasteiger partial charge in [0, 0.05) is 0 Å². The molecule has 0 aliphatic carbocycles. The normalized spacial score (nSPS) is 15.8. The van der Waals surface area contributed by atoms with Crippen molar-refractivity contribution in [2.24, 2.45) is 21.8 Å². The van der Waals surface area contributed by atoms with Crippen LogP contribution in [0.25, 0.3) is 21.5 Å². The second kappa shape index (κ2) is 13.3. The van der Waals surface area contributed by atoms with Gasteiger partial charge in [-0.05, 0) is 0 Å². The van der Waals surface area contributed by atoms with E-state index in [0.717, 1.165) is 39.0 Å². The third kappa shape index (κ3) is 6.40. The van der Waals surface area contributed by atoms with Gasteiger partial charge in [0.15, 0.2) is 0 Å². The molecule has 4 aromatic rings. The molecule has 2 aliphatic rings. The van der Waals surface area contributed by atoms with Crippen LogP contribution in [0.2, 0.25) is 10.5 Å². The summed E-state index contributed by atoms with van der Waals surface area (Å²) in [5.74, 6) is 4.04. The molecule has 0 saturated carbocycles. The van der Waals surface area contributed by atoms with E-state index in [4.69, 9.17) is 9.98 Å². The summed E-state index contributed by atoms with van der Waals surface area (Å²) in [7, 11) is 0. The molecule has 6 rings (SSSR count). The molecule has 0 aromatic heterocycles. The number of amidine groups is 2. The van der Waals surface area contributed by atoms with E-state index in [-0.39, 0.29) is 0 Å². The monoisotopic (exact) mass is 634 g/mol. The topological polar surface area (TPSA) is 31.2 Å². The molecule has 2 heterocycles. The van der Waals surface area contributed by atoms with Gasteiger partial charge in [-0.15, -0.1) is 0 Å². The van der Waals surface area contributed by atoms with Crippen molar-refractivity contribution in [3.63, 3.8) is 0 Å². The fraction of sp³-hybridized carbons (Fsp3) is 0.421. The Labute approximate surface area is 261 Å². The number of hydrogen-bond acceptors (Lipinski definition) is 4. The van der Waals surface area contributed by atoms with E-state index >= 15 is 0 Å². The number of hydrogen-bond donors (Lipinski definition) is 0. The van der Waals surface area contributed by atoms with E-state index in [9.17, 15) is 0 Å². The molecular weight excluding hydrogens is 585 g/mol. The van der Waals surface area contributed by atoms with Crippen LogP contribution in [0.15, 0.2) is 94.9 Å². The van der Waals surface area contributed by atoms with E-state index < -0.39 is 13.7 Å². The predicted octanol–water partition coefficient (Wildman–Crippen LogP) is 8.74. The van der Waals surface area contributed by atoms with Crippen LogP contribution in [0.3, 0.4) is 0 Å². The summed E-state index contributed by atoms with van der Waals surface area (Å²) < 4.78 is 5.85. The van der Waals surface area contributed by atoms with Crippen molar-refractivity contribution in [3.05, 3.63) is 96.1 Å². The minimum absolute atomic E-state index is 0.686. The second-order valence-electron chi connectivity index (χ2n) is 13.4. The fourth-order valence-electron chi connectivity index (χ4n) is 7.27. The fourth-order valence-corrected chi connectivity index (χ4v) is 19.8. The molecular formula is C38H48GeN4. The Bertz CT molecular complexity index is 1490. The van der Waals surface area contributed by atoms with Crippen LogP contribution in [0, 0.1) is 11.8 Å². The van der Waals surface area contributed by atoms with Gasteiger partial charge in [-0.25, -0.2) is 0 Å². The average molecular weight is 633 g/mol. The van der Waals surface area contributed by atoms with Crippen molar-refractivity contribution < 1.29 is 0 Å². The molecule has 0 bridgehead atoms. The zero-order chi connectivity index (χ0) is 29.8. The molecule has 0 amide bonds. The van der Waals surface area contributed by atoms with Gasteiger partial charge in [0.05, 0.1) is 0 Å². The zero-order valence-corrected chi connectivity index (χ0v) is 28.7. The molecule has 43 heavy (non-hydrogen) atoms. The van der Waals surface area contributed by atoms with Gasteiger partial charge >= 0.3 is 263 Å². The Morgan fingerprint density at radius 2 is 1.00 bits per heavy atom. The van der Waals surface area contributed by atoms with E-state index in [1.807, 2.05) is 0 Å². The first-order valence-electron chi connectivity index (χ1n) is 16.5. The van der Waals surface area contributed by atoms with Gasteiger partial charge in [0.2, 0.25) is 0 Å². The number of nitrogens with zero attached hydrogens (tertiary/aromatic N) is 4. The average Bonchev–Trinajstić information content (AvgIpc) is 3.68. The number of aliphatic imine (C=N–C) groups is 2. The third-order valence-corrected chi connectivity index (χ3v) is 20.4. The van der Waals surface area contributed by atoms with Gasteiger partial charge in [0.25, 0.3) is 0 Å². The molecule has 4 aromatic carbocycles. The Morgan fingerprint density at radius 1 is 0.581 bits per heavy atom. The first-order chi connectivity index (χ1) is 20.9. The molecule has 0 unspecified atom stereocenters. The van der Waals surface area contributed by atoms with Crippen molar-refractivity contribution in [3.8, 4) is 0 Å². The Balaban J connectivity index is 1.39. The summed E-state index contributed by atoms with van der Waals surface area (Å²) >= 11 is -2.95. The van der Waals surface area contributed by atoms with Crippen LogP contribution in [-0.2, 0) is 12.8 Å². The summed E-state index contributed by atoms with van der Waals surface area (Å²) in [6.45, 7) is 13.6. The van der Waals surface area contributed by atoms with Crippen molar-refractivity contribution in [2.75, 3.05) is 26.2 Å². The summed E-state index contributed by atoms with van der Waals surface area (Å²) in [6.07, 6.45) is 4.38. The minimum atomic E-state index is -2.95. The van der Waals surface area contributed by atoms with Crippen LogP contribution in [0.5, 0.6) is 0 Å². The molecule has 224 valence electrons. The van der Waals surface area contributed by atoms with Crippen LogP contribution < -0.4 is 0 Å². The first kappa shape index (κ1) is 29.9. The molecule has 2 aliphatic heterocycles. The molecule has 0 N–H and O–H groups in total. The van der Waals surface area contributed by atoms with Crippen LogP contribution >= 0.6 is 0 Å². The van der Waals surface area contributed by atoms with Gasteiger partial charge in [0.1, 0.15) is 0 Å². The molecule has 4 nitrogen and oxygen atoms in total. The van der Waals surface area contributed by atoms with Crippen LogP contribution in [0.1, 0.15) is 51.7 Å². The van der Waals surface area contributed by atoms with Gasteiger partial charge < -0.3 is 0 Å². The summed E-state index contributed by atoms with van der Waals surface area (Å²) in [6, 6.07) is 31.2. The van der Waals surface area contributed by atoms with Crippen molar-refractivity contribution in [2.45, 2.75) is 63.9 Å². The maximum absolute atomic E-state index is 5.28. The Morgan fingerprint density at radius 3 is 1.44 bits per heavy atom. The van der Waals surface area contributed by atoms with Crippen LogP contribution in [-0.4, -0.2) is 59.3 Å². The zero-order valence-electron chi connectivity index (χ0n) is 26.6. The quantitative estimate of drug-likeness (QED) is 0.146. The second-order valence-corrected chi connectivity index (χ2v) is 21.9. The van der Waals surface area contributed by atoms with Crippen molar-refractivity contribution in [1.29, 1.82) is 0 Å². The maximum atomic E-state index is 5.28. The predicted molar refractivity (Wildman–Crippen MR) is 188 cm³/mol. The standard InChI is InChI=1S/C38H48GeN4/c1-29(2)19-21-39(22-20-30(3)4,42-25-23-40-37(42)27-33-15-9-13-31-11-5-7-17-35(31)33)43-26-24-41-38(43)28-34-16-10-14-32-12-6-8-18-36(32)34/h5-18,29-30H,19-28H2,1-4H3. The van der Waals surface area contributed by atoms with Crippen molar-refractivity contribution >= 4 is 46.9 Å². The third-order valence-electron chi connectivity index (χ3n) is 9.56. The molecule has 0 radical (unpaired) electrons. The first-order valence-corrected chi connectivity index (χ1v) is 21.3. The van der Waals surface area contributed by atoms with E-state index in [0.29, 0.717) is 11.8 Å². The van der Waals surface area contributed by atoms with Gasteiger partial charge in [-0.2, -0.15) is 0 Å².